The SMILES string of the molecule is CCOC(=O)CCCCCC1(C)C(/C=C/C=C2\Cc3cc(S(=O)(=O)[O-])ccc3N2CCC(OCC)OCC)=[N+](CCC(OCC)OCC)c2ccc(S(=O)(=O)[O-])cc21. The lowest BCUT2D eigenvalue weighted by atomic mass is 9.75. The van der Waals surface area contributed by atoms with E-state index in [1.54, 1.807) is 19.1 Å². The summed E-state index contributed by atoms with van der Waals surface area (Å²) in [5.41, 5.74) is 3.91. The van der Waals surface area contributed by atoms with Crippen LogP contribution in [0, 0.1) is 0 Å². The molecule has 58 heavy (non-hydrogen) atoms. The number of fused-ring (bicyclic) bond motifs is 2. The molecule has 0 bridgehead atoms. The Labute approximate surface area is 344 Å². The molecule has 0 saturated carbocycles. The molecule has 2 aromatic carbocycles. The van der Waals surface area contributed by atoms with Crippen molar-refractivity contribution in [3.05, 3.63) is 71.5 Å². The van der Waals surface area contributed by atoms with Gasteiger partial charge in [0.15, 0.2) is 24.8 Å². The third kappa shape index (κ3) is 12.3. The van der Waals surface area contributed by atoms with Gasteiger partial charge in [-0.1, -0.05) is 18.9 Å². The average molecular weight is 848 g/mol. The molecular weight excluding hydrogens is 789 g/mol. The first-order valence-electron chi connectivity index (χ1n) is 20.2. The van der Waals surface area contributed by atoms with Gasteiger partial charge in [0.1, 0.15) is 20.2 Å². The number of carbonyl (C=O) groups excluding carboxylic acids is 1. The van der Waals surface area contributed by atoms with E-state index in [1.807, 2.05) is 52.8 Å². The third-order valence-corrected chi connectivity index (χ3v) is 12.0. The first-order valence-corrected chi connectivity index (χ1v) is 23.0. The van der Waals surface area contributed by atoms with Crippen molar-refractivity contribution in [1.29, 1.82) is 0 Å². The van der Waals surface area contributed by atoms with E-state index in [1.165, 1.54) is 24.3 Å². The molecule has 0 saturated heterocycles. The van der Waals surface area contributed by atoms with Gasteiger partial charge in [-0.15, -0.1) is 0 Å². The van der Waals surface area contributed by atoms with Crippen LogP contribution in [-0.4, -0.2) is 101 Å². The Morgan fingerprint density at radius 1 is 0.828 bits per heavy atom. The van der Waals surface area contributed by atoms with E-state index in [-0.39, 0.29) is 15.8 Å². The Bertz CT molecular complexity index is 2020. The van der Waals surface area contributed by atoms with Gasteiger partial charge in [0.25, 0.3) is 0 Å². The molecule has 1 unspecified atom stereocenters. The molecule has 0 radical (unpaired) electrons. The first kappa shape index (κ1) is 47.2. The summed E-state index contributed by atoms with van der Waals surface area (Å²) in [7, 11) is -9.44. The largest absolute Gasteiger partial charge is 0.744 e. The number of hydrogen-bond donors (Lipinski definition) is 0. The third-order valence-electron chi connectivity index (χ3n) is 10.3. The van der Waals surface area contributed by atoms with Crippen molar-refractivity contribution < 1.29 is 59.0 Å². The van der Waals surface area contributed by atoms with Gasteiger partial charge >= 0.3 is 5.97 Å². The second-order valence-electron chi connectivity index (χ2n) is 14.2. The molecule has 0 N–H and O–H groups in total. The molecule has 2 aromatic rings. The van der Waals surface area contributed by atoms with Crippen LogP contribution in [0.25, 0.3) is 0 Å². The number of anilines is 1. The van der Waals surface area contributed by atoms with Crippen LogP contribution in [0.2, 0.25) is 0 Å². The zero-order valence-electron chi connectivity index (χ0n) is 34.6. The Hall–Kier alpha value is -3.48. The maximum absolute atomic E-state index is 12.3. The summed E-state index contributed by atoms with van der Waals surface area (Å²) in [6.07, 6.45) is 9.23. The summed E-state index contributed by atoms with van der Waals surface area (Å²) < 4.78 is 103. The smallest absolute Gasteiger partial charge is 0.305 e. The van der Waals surface area contributed by atoms with Gasteiger partial charge in [0.2, 0.25) is 5.69 Å². The summed E-state index contributed by atoms with van der Waals surface area (Å²) in [6, 6.07) is 8.90. The number of rotatable bonds is 25. The van der Waals surface area contributed by atoms with E-state index >= 15 is 0 Å². The van der Waals surface area contributed by atoms with Gasteiger partial charge in [-0.25, -0.2) is 16.8 Å². The summed E-state index contributed by atoms with van der Waals surface area (Å²) in [5.74, 6) is -0.252. The minimum atomic E-state index is -4.76. The second-order valence-corrected chi connectivity index (χ2v) is 17.0. The fraction of sp³-hybridized carbons (Fsp3) is 0.571. The predicted molar refractivity (Wildman–Crippen MR) is 217 cm³/mol. The average Bonchev–Trinajstić information content (AvgIpc) is 3.63. The standard InChI is InChI=1S/C42H60N2O12S2/c1-7-52-39(45)18-13-12-14-25-42(6)35-30-34(58(49,50)51)20-22-37(35)44(27-24-41(55-10-4)56-11-5)38(42)17-15-16-32-28-31-29-33(57(46,47)48)19-21-36(31)43(32)26-23-40(53-8-2)54-9-3/h15-17,19-22,29-30,40-41H,7-14,18,23-28H2,1-6H3,(H-,46,47,48,49,50,51)/p-1. The van der Waals surface area contributed by atoms with Crippen molar-refractivity contribution in [2.45, 2.75) is 121 Å². The lowest BCUT2D eigenvalue weighted by molar-refractivity contribution is -0.443. The molecule has 0 aromatic heterocycles. The van der Waals surface area contributed by atoms with Gasteiger partial charge in [0, 0.05) is 81.3 Å². The number of nitrogens with zero attached hydrogens (tertiary/aromatic N) is 2. The van der Waals surface area contributed by atoms with Gasteiger partial charge < -0.3 is 37.7 Å². The molecule has 14 nitrogen and oxygen atoms in total. The van der Waals surface area contributed by atoms with Crippen LogP contribution in [-0.2, 0) is 60.6 Å². The lowest BCUT2D eigenvalue weighted by Crippen LogP contribution is -2.32. The summed E-state index contributed by atoms with van der Waals surface area (Å²) in [5, 5.41) is 0. The number of benzene rings is 2. The molecule has 4 rings (SSSR count). The molecule has 0 fully saturated rings. The van der Waals surface area contributed by atoms with Gasteiger partial charge in [-0.05, 0) is 96.4 Å². The molecule has 2 heterocycles. The van der Waals surface area contributed by atoms with Gasteiger partial charge in [-0.3, -0.25) is 4.79 Å². The number of ether oxygens (including phenoxy) is 5. The second kappa shape index (κ2) is 21.7. The van der Waals surface area contributed by atoms with E-state index in [0.717, 1.165) is 29.2 Å². The summed E-state index contributed by atoms with van der Waals surface area (Å²) >= 11 is 0. The molecule has 0 amide bonds. The van der Waals surface area contributed by atoms with Crippen molar-refractivity contribution in [2.75, 3.05) is 51.0 Å². The molecule has 0 aliphatic carbocycles. The summed E-state index contributed by atoms with van der Waals surface area (Å²) in [4.78, 5) is 13.5. The van der Waals surface area contributed by atoms with Crippen molar-refractivity contribution in [3.8, 4) is 0 Å². The molecule has 1 atom stereocenters. The maximum atomic E-state index is 12.3. The fourth-order valence-electron chi connectivity index (χ4n) is 7.72. The van der Waals surface area contributed by atoms with E-state index < -0.39 is 38.2 Å². The van der Waals surface area contributed by atoms with E-state index in [0.29, 0.717) is 102 Å². The zero-order valence-corrected chi connectivity index (χ0v) is 36.2. The maximum Gasteiger partial charge on any atom is 0.305 e. The zero-order chi connectivity index (χ0) is 42.5. The minimum Gasteiger partial charge on any atom is -0.744 e. The number of carbonyl (C=O) groups is 1. The summed E-state index contributed by atoms with van der Waals surface area (Å²) in [6.45, 7) is 14.5. The Balaban J connectivity index is 1.80. The molecule has 2 aliphatic rings. The number of hydrogen-bond acceptors (Lipinski definition) is 13. The van der Waals surface area contributed by atoms with Crippen LogP contribution in [0.1, 0.15) is 97.6 Å². The highest BCUT2D eigenvalue weighted by atomic mass is 32.2. The van der Waals surface area contributed by atoms with Crippen LogP contribution in [0.5, 0.6) is 0 Å². The minimum absolute atomic E-state index is 0.252. The van der Waals surface area contributed by atoms with Gasteiger partial charge in [0.05, 0.1) is 28.2 Å². The molecule has 2 aliphatic heterocycles. The monoisotopic (exact) mass is 847 g/mol. The Morgan fingerprint density at radius 2 is 1.43 bits per heavy atom. The molecule has 0 spiro atoms. The molecular formula is C42H59N2O12S2-. The van der Waals surface area contributed by atoms with Crippen molar-refractivity contribution in [1.82, 2.24) is 0 Å². The topological polar surface area (TPSA) is 184 Å². The van der Waals surface area contributed by atoms with Crippen molar-refractivity contribution in [3.63, 3.8) is 0 Å². The number of esters is 1. The van der Waals surface area contributed by atoms with Gasteiger partial charge in [-0.2, -0.15) is 4.58 Å². The van der Waals surface area contributed by atoms with Crippen molar-refractivity contribution in [2.24, 2.45) is 0 Å². The fourth-order valence-corrected chi connectivity index (χ4v) is 8.74. The lowest BCUT2D eigenvalue weighted by Gasteiger charge is -2.25. The number of allylic oxidation sites excluding steroid dienone is 4. The van der Waals surface area contributed by atoms with Crippen LogP contribution < -0.4 is 4.90 Å². The first-order chi connectivity index (χ1) is 27.6. The van der Waals surface area contributed by atoms with Crippen molar-refractivity contribution >= 4 is 43.3 Å². The number of unbranched alkanes of at least 4 members (excludes halogenated alkanes) is 2. The van der Waals surface area contributed by atoms with E-state index in [4.69, 9.17) is 23.7 Å². The Kier molecular flexibility index (Phi) is 17.6. The predicted octanol–water partition coefficient (Wildman–Crippen LogP) is 6.45. The highest BCUT2D eigenvalue weighted by Gasteiger charge is 2.47. The quantitative estimate of drug-likeness (QED) is 0.0350. The van der Waals surface area contributed by atoms with Crippen LogP contribution in [0.3, 0.4) is 0 Å². The van der Waals surface area contributed by atoms with E-state index in [2.05, 4.69) is 9.48 Å². The highest BCUT2D eigenvalue weighted by molar-refractivity contribution is 7.86. The highest BCUT2D eigenvalue weighted by Crippen LogP contribution is 2.45. The van der Waals surface area contributed by atoms with Crippen LogP contribution in [0.15, 0.2) is 70.1 Å². The van der Waals surface area contributed by atoms with Crippen LogP contribution >= 0.6 is 0 Å². The molecule has 322 valence electrons. The van der Waals surface area contributed by atoms with E-state index in [9.17, 15) is 30.7 Å². The Morgan fingerprint density at radius 3 is 2.03 bits per heavy atom. The normalized spacial score (nSPS) is 17.7. The molecule has 16 heteroatoms. The van der Waals surface area contributed by atoms with Crippen LogP contribution in [0.4, 0.5) is 11.4 Å².